The monoisotopic (exact) mass is 542 g/mol. The first-order valence-corrected chi connectivity index (χ1v) is 12.4. The normalized spacial score (nSPS) is 13.7. The van der Waals surface area contributed by atoms with Crippen molar-refractivity contribution in [3.8, 4) is 0 Å². The number of nitrogens with two attached hydrogens (primary N) is 1. The van der Waals surface area contributed by atoms with E-state index in [4.69, 9.17) is 26.8 Å². The van der Waals surface area contributed by atoms with Gasteiger partial charge in [-0.15, -0.1) is 10.2 Å². The highest BCUT2D eigenvalue weighted by molar-refractivity contribution is 6.30. The van der Waals surface area contributed by atoms with Gasteiger partial charge >= 0.3 is 6.09 Å². The van der Waals surface area contributed by atoms with Gasteiger partial charge in [-0.2, -0.15) is 0 Å². The molecule has 10 nitrogen and oxygen atoms in total. The first-order chi connectivity index (χ1) is 17.7. The van der Waals surface area contributed by atoms with Gasteiger partial charge in [0, 0.05) is 18.1 Å². The maximum Gasteiger partial charge on any atom is 0.410 e. The number of carbonyl (C=O) groups is 2. The van der Waals surface area contributed by atoms with E-state index in [0.717, 1.165) is 11.1 Å². The molecule has 1 aromatic heterocycles. The summed E-state index contributed by atoms with van der Waals surface area (Å²) >= 11 is 6.00. The van der Waals surface area contributed by atoms with E-state index in [0.29, 0.717) is 36.4 Å². The second kappa shape index (κ2) is 12.9. The highest BCUT2D eigenvalue weighted by Gasteiger charge is 2.31. The number of hydrogen-bond donors (Lipinski definition) is 2. The fraction of sp³-hybridized carbons (Fsp3) is 0.407. The van der Waals surface area contributed by atoms with Crippen molar-refractivity contribution in [2.75, 3.05) is 13.2 Å². The van der Waals surface area contributed by atoms with Crippen molar-refractivity contribution in [3.05, 3.63) is 82.4 Å². The number of amides is 2. The molecule has 0 radical (unpaired) electrons. The number of carbonyl (C=O) groups excluding carboxylic acids is 2. The van der Waals surface area contributed by atoms with Gasteiger partial charge in [0.1, 0.15) is 12.6 Å². The maximum atomic E-state index is 12.7. The number of ether oxygens (including phenoxy) is 2. The zero-order valence-electron chi connectivity index (χ0n) is 20.9. The van der Waals surface area contributed by atoms with Gasteiger partial charge in [0.25, 0.3) is 0 Å². The number of hydrogen-bond acceptors (Lipinski definition) is 7. The fourth-order valence-electron chi connectivity index (χ4n) is 3.85. The summed E-state index contributed by atoms with van der Waals surface area (Å²) in [6, 6.07) is 16.4. The Labute approximate surface area is 228 Å². The Morgan fingerprint density at radius 2 is 1.82 bits per heavy atom. The van der Waals surface area contributed by atoms with Crippen LogP contribution in [-0.4, -0.2) is 50.4 Å². The summed E-state index contributed by atoms with van der Waals surface area (Å²) < 4.78 is 13.3. The van der Waals surface area contributed by atoms with Gasteiger partial charge in [-0.3, -0.25) is 9.69 Å². The molecular formula is C27H35ClN6O4. The summed E-state index contributed by atoms with van der Waals surface area (Å²) in [5.41, 5.74) is 6.75. The second-order valence-corrected chi connectivity index (χ2v) is 9.92. The van der Waals surface area contributed by atoms with Crippen LogP contribution < -0.4 is 11.1 Å². The first kappa shape index (κ1) is 29.1. The van der Waals surface area contributed by atoms with E-state index in [-0.39, 0.29) is 33.1 Å². The molecule has 1 aliphatic rings. The molecule has 0 unspecified atom stereocenters. The number of fused-ring (bicyclic) bond motifs is 1. The minimum absolute atomic E-state index is 0. The molecule has 0 saturated carbocycles. The van der Waals surface area contributed by atoms with Crippen LogP contribution in [0.2, 0.25) is 5.02 Å². The lowest BCUT2D eigenvalue weighted by Gasteiger charge is -2.29. The number of rotatable bonds is 9. The summed E-state index contributed by atoms with van der Waals surface area (Å²) in [6.45, 7) is 5.03. The number of benzene rings is 2. The van der Waals surface area contributed by atoms with Crippen LogP contribution in [0.15, 0.2) is 54.6 Å². The topological polar surface area (TPSA) is 125 Å². The Morgan fingerprint density at radius 3 is 2.53 bits per heavy atom. The highest BCUT2D eigenvalue weighted by atomic mass is 35.5. The van der Waals surface area contributed by atoms with Gasteiger partial charge in [-0.05, 0) is 37.1 Å². The molecule has 0 bridgehead atoms. The molecule has 1 atom stereocenters. The molecule has 2 heterocycles. The van der Waals surface area contributed by atoms with Crippen LogP contribution in [0.1, 0.15) is 50.1 Å². The number of nitrogens with one attached hydrogen (secondary N) is 1. The van der Waals surface area contributed by atoms with Crippen LogP contribution in [0.4, 0.5) is 4.79 Å². The molecule has 4 rings (SSSR count). The van der Waals surface area contributed by atoms with E-state index in [1.807, 2.05) is 41.0 Å². The van der Waals surface area contributed by atoms with Gasteiger partial charge in [-0.1, -0.05) is 61.5 Å². The third-order valence-electron chi connectivity index (χ3n) is 5.89. The fourth-order valence-corrected chi connectivity index (χ4v) is 4.06. The summed E-state index contributed by atoms with van der Waals surface area (Å²) in [7, 11) is 0. The molecule has 0 saturated heterocycles. The quantitative estimate of drug-likeness (QED) is 0.421. The summed E-state index contributed by atoms with van der Waals surface area (Å²) in [5, 5.41) is 12.2. The molecule has 2 amide bonds. The maximum absolute atomic E-state index is 12.7. The Balaban J connectivity index is 0.00000400. The van der Waals surface area contributed by atoms with Crippen molar-refractivity contribution in [2.24, 2.45) is 5.73 Å². The smallest absolute Gasteiger partial charge is 0.410 e. The molecule has 11 heteroatoms. The number of nitrogens with zero attached hydrogens (tertiary/aromatic N) is 4. The summed E-state index contributed by atoms with van der Waals surface area (Å²) in [4.78, 5) is 26.9. The molecule has 2 aromatic carbocycles. The van der Waals surface area contributed by atoms with Crippen molar-refractivity contribution in [3.63, 3.8) is 0 Å². The van der Waals surface area contributed by atoms with Gasteiger partial charge in [0.05, 0.1) is 25.3 Å². The lowest BCUT2D eigenvalue weighted by Crippen LogP contribution is -2.51. The lowest BCUT2D eigenvalue weighted by molar-refractivity contribution is -0.126. The Kier molecular flexibility index (Phi) is 9.84. The highest BCUT2D eigenvalue weighted by Crippen LogP contribution is 2.20. The molecule has 3 N–H and O–H groups in total. The van der Waals surface area contributed by atoms with E-state index >= 15 is 0 Å². The Bertz CT molecular complexity index is 1230. The minimum Gasteiger partial charge on any atom is -0.445 e. The molecule has 204 valence electrons. The average molecular weight is 543 g/mol. The van der Waals surface area contributed by atoms with Crippen LogP contribution >= 0.6 is 11.6 Å². The van der Waals surface area contributed by atoms with Crippen molar-refractivity contribution in [1.82, 2.24) is 25.0 Å². The van der Waals surface area contributed by atoms with Crippen molar-refractivity contribution >= 4 is 23.6 Å². The molecular weight excluding hydrogens is 508 g/mol. The average Bonchev–Trinajstić information content (AvgIpc) is 3.30. The van der Waals surface area contributed by atoms with Crippen LogP contribution in [0.5, 0.6) is 0 Å². The van der Waals surface area contributed by atoms with Crippen LogP contribution in [-0.2, 0) is 40.6 Å². The second-order valence-electron chi connectivity index (χ2n) is 9.48. The van der Waals surface area contributed by atoms with Crippen LogP contribution in [0.25, 0.3) is 0 Å². The predicted octanol–water partition coefficient (Wildman–Crippen LogP) is 3.83. The third-order valence-corrected chi connectivity index (χ3v) is 6.12. The predicted molar refractivity (Wildman–Crippen MR) is 144 cm³/mol. The Morgan fingerprint density at radius 1 is 1.08 bits per heavy atom. The van der Waals surface area contributed by atoms with Crippen LogP contribution in [0.3, 0.4) is 0 Å². The molecule has 1 aliphatic heterocycles. The number of aromatic nitrogens is 3. The lowest BCUT2D eigenvalue weighted by atomic mass is 10.1. The largest absolute Gasteiger partial charge is 0.445 e. The van der Waals surface area contributed by atoms with E-state index in [1.54, 1.807) is 36.9 Å². The third kappa shape index (κ3) is 7.53. The summed E-state index contributed by atoms with van der Waals surface area (Å²) in [6.07, 6.45) is -0.447. The van der Waals surface area contributed by atoms with E-state index in [1.165, 1.54) is 0 Å². The van der Waals surface area contributed by atoms with E-state index in [2.05, 4.69) is 15.5 Å². The van der Waals surface area contributed by atoms with Crippen molar-refractivity contribution in [1.29, 1.82) is 0 Å². The molecule has 3 aromatic rings. The molecule has 0 fully saturated rings. The minimum atomic E-state index is -1.08. The van der Waals surface area contributed by atoms with Crippen LogP contribution in [0, 0.1) is 0 Å². The summed E-state index contributed by atoms with van der Waals surface area (Å²) in [5.74, 6) is 0.808. The van der Waals surface area contributed by atoms with E-state index in [9.17, 15) is 9.59 Å². The molecule has 0 aliphatic carbocycles. The Hall–Kier alpha value is -3.47. The zero-order chi connectivity index (χ0) is 26.4. The van der Waals surface area contributed by atoms with Gasteiger partial charge in [0.15, 0.2) is 11.6 Å². The van der Waals surface area contributed by atoms with Gasteiger partial charge in [-0.25, -0.2) is 4.79 Å². The number of halogens is 1. The van der Waals surface area contributed by atoms with Gasteiger partial charge in [0.2, 0.25) is 5.91 Å². The molecule has 0 spiro atoms. The van der Waals surface area contributed by atoms with Crippen molar-refractivity contribution in [2.45, 2.75) is 59.2 Å². The first-order valence-electron chi connectivity index (χ1n) is 12.0. The van der Waals surface area contributed by atoms with E-state index < -0.39 is 17.7 Å². The zero-order valence-corrected chi connectivity index (χ0v) is 21.6. The van der Waals surface area contributed by atoms with Crippen molar-refractivity contribution < 1.29 is 19.1 Å². The molecule has 38 heavy (non-hydrogen) atoms. The standard InChI is InChI=1S/C26H31ClN6O4.CH4/c1-26(2,28)24(34)29-21(17-36-15-18-7-4-3-5-8-18)23-31-30-22-14-32(11-12-33(22)23)25(35)37-16-19-9-6-10-20(27)13-19;/h3-10,13,21H,11-12,14-17,28H2,1-2H3,(H,29,34);1H4/t21-;/m1./s1. The SMILES string of the molecule is C.CC(C)(N)C(=O)N[C@H](COCc1ccccc1)c1nnc2n1CCN(C(=O)OCc1cccc(Cl)c1)C2. The van der Waals surface area contributed by atoms with Gasteiger partial charge < -0.3 is 25.1 Å².